The maximum absolute atomic E-state index is 13.1. The van der Waals surface area contributed by atoms with Gasteiger partial charge in [-0.3, -0.25) is 4.57 Å². The van der Waals surface area contributed by atoms with Gasteiger partial charge in [-0.2, -0.15) is 13.2 Å². The monoisotopic (exact) mass is 328 g/mol. The first-order chi connectivity index (χ1) is 9.25. The maximum Gasteiger partial charge on any atom is 0.398 e. The van der Waals surface area contributed by atoms with E-state index in [0.29, 0.717) is 0 Å². The zero-order chi connectivity index (χ0) is 15.1. The Morgan fingerprint density at radius 1 is 1.40 bits per heavy atom. The molecular weight excluding hydrogens is 317 g/mol. The van der Waals surface area contributed by atoms with Gasteiger partial charge in [0.25, 0.3) is 0 Å². The number of hydrogen-bond acceptors (Lipinski definition) is 5. The quantitative estimate of drug-likeness (QED) is 0.721. The van der Waals surface area contributed by atoms with E-state index in [0.717, 1.165) is 4.57 Å². The van der Waals surface area contributed by atoms with E-state index in [4.69, 9.17) is 34.3 Å². The van der Waals surface area contributed by atoms with Crippen molar-refractivity contribution in [2.24, 2.45) is 5.92 Å². The molecule has 1 aliphatic heterocycles. The van der Waals surface area contributed by atoms with Crippen molar-refractivity contribution in [1.82, 2.24) is 9.55 Å². The Hall–Kier alpha value is -0.810. The molecule has 0 aliphatic carbocycles. The summed E-state index contributed by atoms with van der Waals surface area (Å²) in [6.45, 7) is -0.722. The third-order valence-corrected chi connectivity index (χ3v) is 3.60. The van der Waals surface area contributed by atoms with Gasteiger partial charge in [-0.15, -0.1) is 0 Å². The number of aliphatic hydroxyl groups excluding tert-OH is 2. The number of aliphatic hydroxyl groups is 2. The number of nitrogens with one attached hydrogen (secondary N) is 1. The van der Waals surface area contributed by atoms with Crippen molar-refractivity contribution in [2.75, 3.05) is 6.61 Å². The molecule has 1 saturated heterocycles. The van der Waals surface area contributed by atoms with Crippen molar-refractivity contribution in [3.63, 3.8) is 0 Å². The van der Waals surface area contributed by atoms with Crippen molar-refractivity contribution >= 4 is 24.4 Å². The molecule has 0 spiro atoms. The fourth-order valence-corrected chi connectivity index (χ4v) is 2.61. The van der Waals surface area contributed by atoms with Gasteiger partial charge in [-0.05, 0) is 18.3 Å². The highest BCUT2D eigenvalue weighted by molar-refractivity contribution is 7.72. The summed E-state index contributed by atoms with van der Waals surface area (Å²) in [6, 6.07) is 1.36. The molecule has 10 heteroatoms. The first-order valence-electron chi connectivity index (χ1n) is 5.58. The molecule has 0 bridgehead atoms. The Morgan fingerprint density at radius 2 is 2.05 bits per heavy atom. The van der Waals surface area contributed by atoms with Gasteiger partial charge in [0.1, 0.15) is 16.7 Å². The van der Waals surface area contributed by atoms with Crippen LogP contribution in [0.1, 0.15) is 6.23 Å². The average Bonchev–Trinajstić information content (AvgIpc) is 2.65. The van der Waals surface area contributed by atoms with Gasteiger partial charge in [0.05, 0.1) is 12.7 Å². The first kappa shape index (κ1) is 15.6. The van der Waals surface area contributed by atoms with Crippen LogP contribution in [0.15, 0.2) is 12.3 Å². The van der Waals surface area contributed by atoms with E-state index >= 15 is 0 Å². The molecule has 1 fully saturated rings. The summed E-state index contributed by atoms with van der Waals surface area (Å²) in [5.41, 5.74) is 0. The van der Waals surface area contributed by atoms with E-state index < -0.39 is 37.1 Å². The Balaban J connectivity index is 2.47. The van der Waals surface area contributed by atoms with Gasteiger partial charge in [0.2, 0.25) is 0 Å². The van der Waals surface area contributed by atoms with Gasteiger partial charge in [0.15, 0.2) is 11.0 Å². The lowest BCUT2D eigenvalue weighted by Gasteiger charge is -2.24. The normalized spacial score (nSPS) is 30.6. The van der Waals surface area contributed by atoms with Gasteiger partial charge < -0.3 is 19.9 Å². The number of hydrogen-bond donors (Lipinski definition) is 3. The zero-order valence-electron chi connectivity index (χ0n) is 9.87. The van der Waals surface area contributed by atoms with Crippen LogP contribution in [-0.4, -0.2) is 44.8 Å². The Bertz CT molecular complexity index is 600. The Labute approximate surface area is 121 Å². The molecule has 3 N–H and O–H groups in total. The van der Waals surface area contributed by atoms with Crippen molar-refractivity contribution in [2.45, 2.75) is 24.6 Å². The predicted octanol–water partition coefficient (Wildman–Crippen LogP) is 1.70. The van der Waals surface area contributed by atoms with Crippen molar-refractivity contribution in [1.29, 1.82) is 0 Å². The molecule has 0 radical (unpaired) electrons. The summed E-state index contributed by atoms with van der Waals surface area (Å²) in [4.78, 5) is 2.54. The first-order valence-corrected chi connectivity index (χ1v) is 6.40. The molecule has 4 atom stereocenters. The lowest BCUT2D eigenvalue weighted by molar-refractivity contribution is -0.211. The number of ether oxygens (including phenoxy) is 1. The van der Waals surface area contributed by atoms with Crippen LogP contribution in [0.25, 0.3) is 0 Å². The molecular formula is C10H11F3N2O3S2. The topological polar surface area (TPSA) is 70.4 Å². The summed E-state index contributed by atoms with van der Waals surface area (Å²) >= 11 is 9.73. The molecule has 1 aliphatic rings. The summed E-state index contributed by atoms with van der Waals surface area (Å²) in [5, 5.41) is 18.7. The summed E-state index contributed by atoms with van der Waals surface area (Å²) < 4.78 is 45.5. The average molecular weight is 328 g/mol. The zero-order valence-corrected chi connectivity index (χ0v) is 11.5. The SMILES string of the molecule is OC[C@H]1O[C@@H](n2ccc(=S)[nH]c2=S)[C@@H](C(F)(F)F)C1O. The smallest absolute Gasteiger partial charge is 0.394 e. The van der Waals surface area contributed by atoms with Gasteiger partial charge in [0, 0.05) is 6.20 Å². The molecule has 20 heavy (non-hydrogen) atoms. The minimum absolute atomic E-state index is 0.0532. The third-order valence-electron chi connectivity index (χ3n) is 3.05. The molecule has 1 aromatic rings. The number of nitrogens with zero attached hydrogens (tertiary/aromatic N) is 1. The summed E-state index contributed by atoms with van der Waals surface area (Å²) in [5.74, 6) is -2.18. The Kier molecular flexibility index (Phi) is 4.30. The molecule has 112 valence electrons. The predicted molar refractivity (Wildman–Crippen MR) is 67.0 cm³/mol. The minimum Gasteiger partial charge on any atom is -0.394 e. The van der Waals surface area contributed by atoms with Crippen LogP contribution in [0.2, 0.25) is 0 Å². The molecule has 5 nitrogen and oxygen atoms in total. The lowest BCUT2D eigenvalue weighted by atomic mass is 9.99. The van der Waals surface area contributed by atoms with Crippen LogP contribution in [-0.2, 0) is 4.74 Å². The van der Waals surface area contributed by atoms with Crippen LogP contribution in [0.3, 0.4) is 0 Å². The van der Waals surface area contributed by atoms with Gasteiger partial charge in [-0.25, -0.2) is 0 Å². The second-order valence-corrected chi connectivity index (χ2v) is 5.15. The molecule has 1 aromatic heterocycles. The van der Waals surface area contributed by atoms with Crippen LogP contribution in [0.5, 0.6) is 0 Å². The molecule has 0 aromatic carbocycles. The highest BCUT2D eigenvalue weighted by atomic mass is 32.1. The van der Waals surface area contributed by atoms with E-state index in [1.54, 1.807) is 0 Å². The molecule has 0 saturated carbocycles. The largest absolute Gasteiger partial charge is 0.398 e. The molecule has 1 unspecified atom stereocenters. The number of rotatable bonds is 2. The number of halogens is 3. The lowest BCUT2D eigenvalue weighted by Crippen LogP contribution is -2.38. The number of H-pyrrole nitrogens is 1. The second-order valence-electron chi connectivity index (χ2n) is 4.32. The fourth-order valence-electron chi connectivity index (χ4n) is 2.12. The molecule has 2 rings (SSSR count). The standard InChI is InChI=1S/C10H11F3N2O3S2/c11-10(12,13)6-7(17)4(3-16)18-8(6)15-2-1-5(19)14-9(15)20/h1-2,4,6-8,16-17H,3H2,(H,14,19,20)/t4-,6+,7?,8-/m1/s1. The van der Waals surface area contributed by atoms with Gasteiger partial charge in [-0.1, -0.05) is 12.2 Å². The van der Waals surface area contributed by atoms with E-state index in [2.05, 4.69) is 4.98 Å². The van der Waals surface area contributed by atoms with Crippen molar-refractivity contribution in [3.05, 3.63) is 21.7 Å². The van der Waals surface area contributed by atoms with Crippen LogP contribution >= 0.6 is 24.4 Å². The van der Waals surface area contributed by atoms with Gasteiger partial charge >= 0.3 is 6.18 Å². The van der Waals surface area contributed by atoms with E-state index in [1.807, 2.05) is 0 Å². The summed E-state index contributed by atoms with van der Waals surface area (Å²) in [6.07, 6.45) is -8.18. The van der Waals surface area contributed by atoms with Crippen LogP contribution in [0, 0.1) is 15.3 Å². The minimum atomic E-state index is -4.70. The van der Waals surface area contributed by atoms with Crippen LogP contribution in [0.4, 0.5) is 13.2 Å². The van der Waals surface area contributed by atoms with E-state index in [1.165, 1.54) is 12.3 Å². The van der Waals surface area contributed by atoms with Crippen molar-refractivity contribution in [3.8, 4) is 0 Å². The second kappa shape index (κ2) is 5.53. The van der Waals surface area contributed by atoms with Crippen molar-refractivity contribution < 1.29 is 28.1 Å². The fraction of sp³-hybridized carbons (Fsp3) is 0.600. The highest BCUT2D eigenvalue weighted by Gasteiger charge is 2.57. The number of aromatic nitrogens is 2. The Morgan fingerprint density at radius 3 is 2.55 bits per heavy atom. The van der Waals surface area contributed by atoms with Crippen LogP contribution < -0.4 is 0 Å². The number of aromatic amines is 1. The van der Waals surface area contributed by atoms with E-state index in [9.17, 15) is 18.3 Å². The molecule has 0 amide bonds. The molecule has 2 heterocycles. The highest BCUT2D eigenvalue weighted by Crippen LogP contribution is 2.44. The maximum atomic E-state index is 13.1. The third kappa shape index (κ3) is 2.79. The number of alkyl halides is 3. The summed E-state index contributed by atoms with van der Waals surface area (Å²) in [7, 11) is 0. The van der Waals surface area contributed by atoms with E-state index in [-0.39, 0.29) is 9.41 Å².